The lowest BCUT2D eigenvalue weighted by Gasteiger charge is -2.10. The fraction of sp³-hybridized carbons (Fsp3) is 0.0870. The third-order valence-electron chi connectivity index (χ3n) is 4.79. The number of rotatable bonds is 5. The molecule has 2 N–H and O–H groups in total. The molecule has 2 amide bonds. The normalized spacial score (nSPS) is 11.2. The number of ether oxygens (including phenoxy) is 1. The summed E-state index contributed by atoms with van der Waals surface area (Å²) in [5.74, 6) is -0.532. The molecule has 0 aliphatic heterocycles. The van der Waals surface area contributed by atoms with Crippen molar-refractivity contribution in [2.24, 2.45) is 0 Å². The summed E-state index contributed by atoms with van der Waals surface area (Å²) in [6.07, 6.45) is -4.60. The predicted octanol–water partition coefficient (Wildman–Crippen LogP) is 4.70. The first-order chi connectivity index (χ1) is 16.3. The van der Waals surface area contributed by atoms with Crippen molar-refractivity contribution in [3.8, 4) is 22.0 Å². The number of thiophene rings is 1. The molecule has 0 saturated carbocycles. The minimum Gasteiger partial charge on any atom is -0.497 e. The van der Waals surface area contributed by atoms with Crippen molar-refractivity contribution in [2.75, 3.05) is 7.11 Å². The molecule has 2 aromatic heterocycles. The molecule has 2 heterocycles. The van der Waals surface area contributed by atoms with Gasteiger partial charge in [-0.15, -0.1) is 11.3 Å². The Kier molecular flexibility index (Phi) is 6.37. The van der Waals surface area contributed by atoms with Crippen molar-refractivity contribution in [1.29, 1.82) is 0 Å². The SMILES string of the molecule is COc1ccc(C(=O)NNC(=O)c2ccc(-n3nc(C(F)(F)F)cc3-c3cccs3)cc2)cc1. The highest BCUT2D eigenvalue weighted by Gasteiger charge is 2.35. The van der Waals surface area contributed by atoms with Crippen LogP contribution in [0.3, 0.4) is 0 Å². The summed E-state index contributed by atoms with van der Waals surface area (Å²) in [5.41, 5.74) is 4.74. The number of hydrazine groups is 1. The van der Waals surface area contributed by atoms with E-state index in [0.717, 1.165) is 6.07 Å². The van der Waals surface area contributed by atoms with Crippen LogP contribution in [0.2, 0.25) is 0 Å². The average molecular weight is 486 g/mol. The summed E-state index contributed by atoms with van der Waals surface area (Å²) in [7, 11) is 1.51. The first kappa shape index (κ1) is 23.1. The highest BCUT2D eigenvalue weighted by atomic mass is 32.1. The van der Waals surface area contributed by atoms with Crippen LogP contribution in [0.1, 0.15) is 26.4 Å². The molecule has 7 nitrogen and oxygen atoms in total. The number of halogens is 3. The van der Waals surface area contributed by atoms with E-state index in [2.05, 4.69) is 16.0 Å². The van der Waals surface area contributed by atoms with Gasteiger partial charge >= 0.3 is 6.18 Å². The first-order valence-corrected chi connectivity index (χ1v) is 10.7. The van der Waals surface area contributed by atoms with Crippen molar-refractivity contribution >= 4 is 23.2 Å². The third kappa shape index (κ3) is 4.94. The Morgan fingerprint density at radius 2 is 1.53 bits per heavy atom. The van der Waals surface area contributed by atoms with E-state index < -0.39 is 23.7 Å². The van der Waals surface area contributed by atoms with E-state index in [1.165, 1.54) is 47.4 Å². The van der Waals surface area contributed by atoms with Gasteiger partial charge in [-0.25, -0.2) is 4.68 Å². The number of amides is 2. The molecule has 0 bridgehead atoms. The summed E-state index contributed by atoms with van der Waals surface area (Å²) in [4.78, 5) is 25.2. The van der Waals surface area contributed by atoms with E-state index in [0.29, 0.717) is 21.9 Å². The molecule has 0 aliphatic rings. The van der Waals surface area contributed by atoms with Gasteiger partial charge in [-0.1, -0.05) is 6.07 Å². The van der Waals surface area contributed by atoms with Crippen LogP contribution in [0.15, 0.2) is 72.1 Å². The molecule has 0 aliphatic carbocycles. The summed E-state index contributed by atoms with van der Waals surface area (Å²) in [6.45, 7) is 0. The van der Waals surface area contributed by atoms with E-state index in [4.69, 9.17) is 4.74 Å². The number of carbonyl (C=O) groups is 2. The van der Waals surface area contributed by atoms with Gasteiger partial charge in [-0.3, -0.25) is 20.4 Å². The summed E-state index contributed by atoms with van der Waals surface area (Å²) < 4.78 is 46.0. The molecule has 34 heavy (non-hydrogen) atoms. The number of benzene rings is 2. The Morgan fingerprint density at radius 1 is 0.941 bits per heavy atom. The maximum atomic E-state index is 13.3. The monoisotopic (exact) mass is 486 g/mol. The number of nitrogens with one attached hydrogen (secondary N) is 2. The number of alkyl halides is 3. The van der Waals surface area contributed by atoms with Gasteiger partial charge in [0.1, 0.15) is 5.75 Å². The van der Waals surface area contributed by atoms with Crippen molar-refractivity contribution < 1.29 is 27.5 Å². The number of carbonyl (C=O) groups excluding carboxylic acids is 2. The number of nitrogens with zero attached hydrogens (tertiary/aromatic N) is 2. The minimum absolute atomic E-state index is 0.194. The van der Waals surface area contributed by atoms with Crippen LogP contribution in [-0.2, 0) is 6.18 Å². The Hall–Kier alpha value is -4.12. The van der Waals surface area contributed by atoms with Gasteiger partial charge in [-0.05, 0) is 66.0 Å². The van der Waals surface area contributed by atoms with Gasteiger partial charge in [0.05, 0.1) is 23.4 Å². The van der Waals surface area contributed by atoms with Gasteiger partial charge in [0, 0.05) is 11.1 Å². The van der Waals surface area contributed by atoms with Crippen LogP contribution in [0.4, 0.5) is 13.2 Å². The quantitative estimate of drug-likeness (QED) is 0.401. The molecular weight excluding hydrogens is 469 g/mol. The maximum Gasteiger partial charge on any atom is 0.435 e. The number of aromatic nitrogens is 2. The second-order valence-electron chi connectivity index (χ2n) is 6.99. The predicted molar refractivity (Wildman–Crippen MR) is 120 cm³/mol. The molecule has 174 valence electrons. The molecule has 0 saturated heterocycles. The topological polar surface area (TPSA) is 85.3 Å². The van der Waals surface area contributed by atoms with Gasteiger partial charge in [0.25, 0.3) is 11.8 Å². The van der Waals surface area contributed by atoms with Gasteiger partial charge in [-0.2, -0.15) is 18.3 Å². The Morgan fingerprint density at radius 3 is 2.03 bits per heavy atom. The van der Waals surface area contributed by atoms with Crippen molar-refractivity contribution in [2.45, 2.75) is 6.18 Å². The van der Waals surface area contributed by atoms with Gasteiger partial charge in [0.2, 0.25) is 0 Å². The number of hydrogen-bond donors (Lipinski definition) is 2. The van der Waals surface area contributed by atoms with E-state index >= 15 is 0 Å². The van der Waals surface area contributed by atoms with E-state index in [1.54, 1.807) is 41.8 Å². The largest absolute Gasteiger partial charge is 0.497 e. The van der Waals surface area contributed by atoms with Crippen LogP contribution in [-0.4, -0.2) is 28.7 Å². The maximum absolute atomic E-state index is 13.3. The van der Waals surface area contributed by atoms with Gasteiger partial charge in [0.15, 0.2) is 5.69 Å². The van der Waals surface area contributed by atoms with E-state index in [9.17, 15) is 22.8 Å². The molecule has 11 heteroatoms. The summed E-state index contributed by atoms with van der Waals surface area (Å²) in [6, 6.07) is 16.5. The summed E-state index contributed by atoms with van der Waals surface area (Å²) >= 11 is 1.29. The Labute approximate surface area is 195 Å². The van der Waals surface area contributed by atoms with Crippen LogP contribution >= 0.6 is 11.3 Å². The minimum atomic E-state index is -4.60. The fourth-order valence-corrected chi connectivity index (χ4v) is 3.80. The molecule has 0 atom stereocenters. The average Bonchev–Trinajstić information content (AvgIpc) is 3.52. The molecule has 0 fully saturated rings. The second kappa shape index (κ2) is 9.40. The van der Waals surface area contributed by atoms with Crippen LogP contribution < -0.4 is 15.6 Å². The molecule has 4 rings (SSSR count). The molecular formula is C23H17F3N4O3S. The molecule has 0 unspecified atom stereocenters. The molecule has 4 aromatic rings. The smallest absolute Gasteiger partial charge is 0.435 e. The lowest BCUT2D eigenvalue weighted by atomic mass is 10.2. The summed E-state index contributed by atoms with van der Waals surface area (Å²) in [5, 5.41) is 5.48. The van der Waals surface area contributed by atoms with Crippen molar-refractivity contribution in [1.82, 2.24) is 20.6 Å². The highest BCUT2D eigenvalue weighted by Crippen LogP contribution is 2.34. The Balaban J connectivity index is 1.49. The second-order valence-corrected chi connectivity index (χ2v) is 7.93. The van der Waals surface area contributed by atoms with E-state index in [-0.39, 0.29) is 11.3 Å². The first-order valence-electron chi connectivity index (χ1n) is 9.82. The zero-order valence-electron chi connectivity index (χ0n) is 17.6. The van der Waals surface area contributed by atoms with E-state index in [1.807, 2.05) is 0 Å². The van der Waals surface area contributed by atoms with Crippen LogP contribution in [0, 0.1) is 0 Å². The van der Waals surface area contributed by atoms with Crippen LogP contribution in [0.25, 0.3) is 16.3 Å². The van der Waals surface area contributed by atoms with Crippen LogP contribution in [0.5, 0.6) is 5.75 Å². The fourth-order valence-electron chi connectivity index (χ4n) is 3.07. The molecule has 0 radical (unpaired) electrons. The zero-order valence-corrected chi connectivity index (χ0v) is 18.4. The Bertz CT molecular complexity index is 1300. The lowest BCUT2D eigenvalue weighted by Crippen LogP contribution is -2.41. The number of methoxy groups -OCH3 is 1. The zero-order chi connectivity index (χ0) is 24.3. The standard InChI is InChI=1S/C23H17F3N4O3S/c1-33-17-10-6-15(7-11-17)22(32)28-27-21(31)14-4-8-16(9-5-14)30-18(19-3-2-12-34-19)13-20(29-30)23(24,25)26/h2-13H,1H3,(H,27,31)(H,28,32). The van der Waals surface area contributed by atoms with Gasteiger partial charge < -0.3 is 4.74 Å². The lowest BCUT2D eigenvalue weighted by molar-refractivity contribution is -0.141. The van der Waals surface area contributed by atoms with Crippen molar-refractivity contribution in [3.05, 3.63) is 88.9 Å². The molecule has 2 aromatic carbocycles. The number of hydrogen-bond acceptors (Lipinski definition) is 5. The van der Waals surface area contributed by atoms with Crippen molar-refractivity contribution in [3.63, 3.8) is 0 Å². The third-order valence-corrected chi connectivity index (χ3v) is 5.68. The molecule has 0 spiro atoms. The highest BCUT2D eigenvalue weighted by molar-refractivity contribution is 7.13.